The first-order chi connectivity index (χ1) is 9.16. The number of rotatable bonds is 2. The first-order valence-corrected chi connectivity index (χ1v) is 7.97. The molecule has 0 heterocycles. The number of halogens is 2. The molecular formula is C17H16BrCl. The van der Waals surface area contributed by atoms with E-state index in [1.54, 1.807) is 0 Å². The van der Waals surface area contributed by atoms with Gasteiger partial charge in [0.15, 0.2) is 0 Å². The predicted molar refractivity (Wildman–Crippen MR) is 85.4 cm³/mol. The van der Waals surface area contributed by atoms with Crippen molar-refractivity contribution in [2.24, 2.45) is 0 Å². The minimum absolute atomic E-state index is 0.172. The molecule has 0 aromatic heterocycles. The van der Waals surface area contributed by atoms with Crippen molar-refractivity contribution in [3.63, 3.8) is 0 Å². The van der Waals surface area contributed by atoms with Crippen LogP contribution in [-0.2, 0) is 12.8 Å². The number of benzene rings is 2. The lowest BCUT2D eigenvalue weighted by Gasteiger charge is -2.15. The van der Waals surface area contributed by atoms with Crippen LogP contribution in [0.1, 0.15) is 39.1 Å². The molecule has 0 N–H and O–H groups in total. The summed E-state index contributed by atoms with van der Waals surface area (Å²) in [6, 6.07) is 13.0. The van der Waals surface area contributed by atoms with Gasteiger partial charge in [0.2, 0.25) is 0 Å². The number of fused-ring (bicyclic) bond motifs is 1. The van der Waals surface area contributed by atoms with Gasteiger partial charge in [0.05, 0.1) is 4.83 Å². The summed E-state index contributed by atoms with van der Waals surface area (Å²) >= 11 is 10.2. The topological polar surface area (TPSA) is 0 Å². The smallest absolute Gasteiger partial charge is 0.0659 e. The zero-order valence-corrected chi connectivity index (χ0v) is 13.3. The second-order valence-corrected chi connectivity index (χ2v) is 6.52. The van der Waals surface area contributed by atoms with Crippen molar-refractivity contribution in [2.45, 2.75) is 31.0 Å². The maximum Gasteiger partial charge on any atom is 0.0659 e. The number of hydrogen-bond donors (Lipinski definition) is 0. The molecule has 0 bridgehead atoms. The summed E-state index contributed by atoms with van der Waals surface area (Å²) < 4.78 is 0. The van der Waals surface area contributed by atoms with Gasteiger partial charge in [0, 0.05) is 5.02 Å². The Bertz CT molecular complexity index is 619. The zero-order chi connectivity index (χ0) is 13.4. The summed E-state index contributed by atoms with van der Waals surface area (Å²) in [5, 5.41) is 0.866. The molecule has 1 unspecified atom stereocenters. The third-order valence-electron chi connectivity index (χ3n) is 3.91. The van der Waals surface area contributed by atoms with Crippen molar-refractivity contribution in [2.75, 3.05) is 0 Å². The van der Waals surface area contributed by atoms with Crippen LogP contribution in [0.5, 0.6) is 0 Å². The van der Waals surface area contributed by atoms with E-state index in [0.29, 0.717) is 0 Å². The molecule has 98 valence electrons. The number of hydrogen-bond acceptors (Lipinski definition) is 0. The van der Waals surface area contributed by atoms with Crippen molar-refractivity contribution in [1.29, 1.82) is 0 Å². The Morgan fingerprint density at radius 2 is 1.89 bits per heavy atom. The van der Waals surface area contributed by atoms with E-state index in [1.807, 2.05) is 13.0 Å². The van der Waals surface area contributed by atoms with Crippen molar-refractivity contribution in [3.05, 3.63) is 69.2 Å². The van der Waals surface area contributed by atoms with E-state index in [4.69, 9.17) is 11.6 Å². The van der Waals surface area contributed by atoms with Crippen LogP contribution in [-0.4, -0.2) is 0 Å². The first-order valence-electron chi connectivity index (χ1n) is 6.67. The lowest BCUT2D eigenvalue weighted by molar-refractivity contribution is 0.911. The molecule has 0 nitrogen and oxygen atoms in total. The molecule has 1 atom stereocenters. The molecule has 1 aliphatic rings. The van der Waals surface area contributed by atoms with Crippen molar-refractivity contribution in [3.8, 4) is 0 Å². The molecule has 2 aromatic carbocycles. The van der Waals surface area contributed by atoms with Gasteiger partial charge in [-0.3, -0.25) is 0 Å². The Balaban J connectivity index is 2.00. The molecular weight excluding hydrogens is 320 g/mol. The molecule has 0 spiro atoms. The monoisotopic (exact) mass is 334 g/mol. The third-order valence-corrected chi connectivity index (χ3v) is 5.45. The summed E-state index contributed by atoms with van der Waals surface area (Å²) in [5.41, 5.74) is 6.60. The second-order valence-electron chi connectivity index (χ2n) is 5.22. The van der Waals surface area contributed by atoms with E-state index >= 15 is 0 Å². The summed E-state index contributed by atoms with van der Waals surface area (Å²) in [6.07, 6.45) is 3.73. The summed E-state index contributed by atoms with van der Waals surface area (Å²) in [7, 11) is 0. The van der Waals surface area contributed by atoms with Gasteiger partial charge in [-0.2, -0.15) is 0 Å². The van der Waals surface area contributed by atoms with Gasteiger partial charge in [0.25, 0.3) is 0 Å². The van der Waals surface area contributed by atoms with Crippen LogP contribution < -0.4 is 0 Å². The van der Waals surface area contributed by atoms with Gasteiger partial charge in [0.1, 0.15) is 0 Å². The van der Waals surface area contributed by atoms with Gasteiger partial charge >= 0.3 is 0 Å². The van der Waals surface area contributed by atoms with Crippen LogP contribution >= 0.6 is 27.5 Å². The highest BCUT2D eigenvalue weighted by molar-refractivity contribution is 9.09. The SMILES string of the molecule is Cc1cccc(C(Br)c2ccc3c(c2)CCC3)c1Cl. The van der Waals surface area contributed by atoms with E-state index in [-0.39, 0.29) is 4.83 Å². The highest BCUT2D eigenvalue weighted by atomic mass is 79.9. The molecule has 0 fully saturated rings. The number of alkyl halides is 1. The van der Waals surface area contributed by atoms with Crippen LogP contribution in [0.25, 0.3) is 0 Å². The van der Waals surface area contributed by atoms with Crippen molar-refractivity contribution < 1.29 is 0 Å². The minimum Gasteiger partial charge on any atom is -0.0837 e. The van der Waals surface area contributed by atoms with Crippen molar-refractivity contribution >= 4 is 27.5 Å². The van der Waals surface area contributed by atoms with E-state index in [1.165, 1.54) is 36.0 Å². The highest BCUT2D eigenvalue weighted by Gasteiger charge is 2.17. The highest BCUT2D eigenvalue weighted by Crippen LogP contribution is 2.38. The van der Waals surface area contributed by atoms with Crippen LogP contribution in [0.4, 0.5) is 0 Å². The average molecular weight is 336 g/mol. The standard InChI is InChI=1S/C17H16BrCl/c1-11-4-2-7-15(17(11)19)16(18)14-9-8-12-5-3-6-13(12)10-14/h2,4,7-10,16H,3,5-6H2,1H3. The fourth-order valence-corrected chi connectivity index (χ4v) is 3.83. The Hall–Kier alpha value is -0.790. The Morgan fingerprint density at radius 1 is 1.11 bits per heavy atom. The van der Waals surface area contributed by atoms with E-state index in [9.17, 15) is 0 Å². The summed E-state index contributed by atoms with van der Waals surface area (Å²) in [4.78, 5) is 0.172. The van der Waals surface area contributed by atoms with Gasteiger partial charge < -0.3 is 0 Å². The lowest BCUT2D eigenvalue weighted by Crippen LogP contribution is -1.96. The molecule has 1 aliphatic carbocycles. The molecule has 2 heteroatoms. The van der Waals surface area contributed by atoms with Crippen LogP contribution in [0, 0.1) is 6.92 Å². The molecule has 19 heavy (non-hydrogen) atoms. The average Bonchev–Trinajstić information content (AvgIpc) is 2.88. The molecule has 0 amide bonds. The van der Waals surface area contributed by atoms with E-state index < -0.39 is 0 Å². The van der Waals surface area contributed by atoms with Crippen LogP contribution in [0.2, 0.25) is 5.02 Å². The van der Waals surface area contributed by atoms with Gasteiger partial charge in [-0.15, -0.1) is 0 Å². The van der Waals surface area contributed by atoms with Gasteiger partial charge in [-0.1, -0.05) is 63.9 Å². The Morgan fingerprint density at radius 3 is 2.74 bits per heavy atom. The second kappa shape index (κ2) is 5.30. The normalized spacial score (nSPS) is 15.3. The van der Waals surface area contributed by atoms with E-state index in [0.717, 1.165) is 16.1 Å². The fraction of sp³-hybridized carbons (Fsp3) is 0.294. The van der Waals surface area contributed by atoms with E-state index in [2.05, 4.69) is 46.3 Å². The molecule has 0 radical (unpaired) electrons. The molecule has 0 saturated heterocycles. The van der Waals surface area contributed by atoms with Gasteiger partial charge in [-0.05, 0) is 54.0 Å². The Labute approximate surface area is 127 Å². The largest absolute Gasteiger partial charge is 0.0837 e. The predicted octanol–water partition coefficient (Wildman–Crippen LogP) is 5.62. The van der Waals surface area contributed by atoms with Crippen molar-refractivity contribution in [1.82, 2.24) is 0 Å². The Kier molecular flexibility index (Phi) is 3.68. The van der Waals surface area contributed by atoms with Gasteiger partial charge in [-0.25, -0.2) is 0 Å². The quantitative estimate of drug-likeness (QED) is 0.625. The first kappa shape index (κ1) is 13.2. The molecule has 0 aliphatic heterocycles. The molecule has 3 rings (SSSR count). The number of aryl methyl sites for hydroxylation is 3. The third kappa shape index (κ3) is 2.46. The molecule has 0 saturated carbocycles. The molecule has 2 aromatic rings. The summed E-state index contributed by atoms with van der Waals surface area (Å²) in [6.45, 7) is 2.05. The fourth-order valence-electron chi connectivity index (χ4n) is 2.79. The maximum absolute atomic E-state index is 6.43. The minimum atomic E-state index is 0.172. The van der Waals surface area contributed by atoms with Crippen LogP contribution in [0.15, 0.2) is 36.4 Å². The summed E-state index contributed by atoms with van der Waals surface area (Å²) in [5.74, 6) is 0. The van der Waals surface area contributed by atoms with Crippen LogP contribution in [0.3, 0.4) is 0 Å². The zero-order valence-electron chi connectivity index (χ0n) is 10.9. The maximum atomic E-state index is 6.43. The lowest BCUT2D eigenvalue weighted by atomic mass is 9.99.